The zero-order chi connectivity index (χ0) is 17.2. The van der Waals surface area contributed by atoms with E-state index in [-0.39, 0.29) is 20.5 Å². The number of rotatable bonds is 4. The summed E-state index contributed by atoms with van der Waals surface area (Å²) in [6, 6.07) is 9.46. The van der Waals surface area contributed by atoms with Gasteiger partial charge in [-0.15, -0.1) is 0 Å². The van der Waals surface area contributed by atoms with Crippen molar-refractivity contribution in [2.45, 2.75) is 11.8 Å². The zero-order valence-electron chi connectivity index (χ0n) is 11.9. The van der Waals surface area contributed by atoms with Crippen LogP contribution in [-0.2, 0) is 10.0 Å². The van der Waals surface area contributed by atoms with E-state index in [0.717, 1.165) is 17.7 Å². The third-order valence-corrected chi connectivity index (χ3v) is 4.63. The fourth-order valence-corrected chi connectivity index (χ4v) is 3.16. The normalized spacial score (nSPS) is 11.1. The summed E-state index contributed by atoms with van der Waals surface area (Å²) < 4.78 is 22.9. The van der Waals surface area contributed by atoms with Crippen molar-refractivity contribution in [3.8, 4) is 0 Å². The van der Waals surface area contributed by atoms with Gasteiger partial charge in [-0.1, -0.05) is 40.9 Å². The van der Waals surface area contributed by atoms with Crippen LogP contribution in [0.2, 0.25) is 10.0 Å². The van der Waals surface area contributed by atoms with Gasteiger partial charge in [-0.2, -0.15) is 0 Å². The van der Waals surface area contributed by atoms with Crippen LogP contribution in [0.5, 0.6) is 0 Å². The number of hydrogen-bond acceptors (Lipinski definition) is 4. The molecule has 9 heteroatoms. The molecule has 0 aliphatic carbocycles. The predicted octanol–water partition coefficient (Wildman–Crippen LogP) is 2.71. The lowest BCUT2D eigenvalue weighted by Gasteiger charge is -2.11. The molecule has 0 radical (unpaired) electrons. The van der Waals surface area contributed by atoms with Crippen molar-refractivity contribution < 1.29 is 13.2 Å². The Balaban J connectivity index is 2.23. The summed E-state index contributed by atoms with van der Waals surface area (Å²) in [4.78, 5) is 11.8. The number of anilines is 1. The summed E-state index contributed by atoms with van der Waals surface area (Å²) in [5.74, 6) is -0.628. The molecule has 0 aliphatic rings. The van der Waals surface area contributed by atoms with Crippen molar-refractivity contribution in [3.63, 3.8) is 0 Å². The molecule has 0 aromatic heterocycles. The van der Waals surface area contributed by atoms with Crippen molar-refractivity contribution in [2.24, 2.45) is 5.14 Å². The molecule has 2 rings (SSSR count). The first-order valence-electron chi connectivity index (χ1n) is 6.33. The predicted molar refractivity (Wildman–Crippen MR) is 90.1 cm³/mol. The number of halogens is 2. The number of nitrogens with two attached hydrogens (primary N) is 1. The van der Waals surface area contributed by atoms with Crippen molar-refractivity contribution in [1.29, 1.82) is 0 Å². The first kappa shape index (κ1) is 17.6. The van der Waals surface area contributed by atoms with Gasteiger partial charge >= 0.3 is 0 Å². The lowest BCUT2D eigenvalue weighted by atomic mass is 10.2. The molecule has 0 bridgehead atoms. The topological polar surface area (TPSA) is 101 Å². The van der Waals surface area contributed by atoms with Gasteiger partial charge in [-0.25, -0.2) is 13.6 Å². The molecule has 0 heterocycles. The minimum Gasteiger partial charge on any atom is -0.298 e. The summed E-state index contributed by atoms with van der Waals surface area (Å²) in [6.07, 6.45) is 0. The van der Waals surface area contributed by atoms with E-state index in [1.165, 1.54) is 0 Å². The second kappa shape index (κ2) is 6.76. The number of amides is 1. The Kier molecular flexibility index (Phi) is 5.16. The second-order valence-electron chi connectivity index (χ2n) is 4.75. The molecule has 6 nitrogen and oxygen atoms in total. The molecule has 0 fully saturated rings. The maximum atomic E-state index is 12.2. The molecule has 1 amide bonds. The summed E-state index contributed by atoms with van der Waals surface area (Å²) in [5.41, 5.74) is 6.77. The Bertz CT molecular complexity index is 852. The van der Waals surface area contributed by atoms with Crippen molar-refractivity contribution in [2.75, 3.05) is 5.43 Å². The van der Waals surface area contributed by atoms with Gasteiger partial charge < -0.3 is 0 Å². The lowest BCUT2D eigenvalue weighted by Crippen LogP contribution is -2.30. The van der Waals surface area contributed by atoms with E-state index in [1.807, 2.05) is 19.1 Å². The maximum Gasteiger partial charge on any atom is 0.271 e. The third kappa shape index (κ3) is 4.35. The molecule has 0 spiro atoms. The molecule has 0 saturated heterocycles. The summed E-state index contributed by atoms with van der Waals surface area (Å²) >= 11 is 11.7. The van der Waals surface area contributed by atoms with Crippen molar-refractivity contribution in [3.05, 3.63) is 57.6 Å². The highest BCUT2D eigenvalue weighted by Crippen LogP contribution is 2.28. The van der Waals surface area contributed by atoms with Crippen LogP contribution in [0.1, 0.15) is 15.9 Å². The quantitative estimate of drug-likeness (QED) is 0.717. The molecular weight excluding hydrogens is 361 g/mol. The lowest BCUT2D eigenvalue weighted by molar-refractivity contribution is 0.0962. The molecule has 0 saturated carbocycles. The van der Waals surface area contributed by atoms with E-state index in [9.17, 15) is 13.2 Å². The maximum absolute atomic E-state index is 12.2. The highest BCUT2D eigenvalue weighted by molar-refractivity contribution is 7.89. The number of sulfonamides is 1. The zero-order valence-corrected chi connectivity index (χ0v) is 14.3. The number of aryl methyl sites for hydroxylation is 1. The monoisotopic (exact) mass is 373 g/mol. The smallest absolute Gasteiger partial charge is 0.271 e. The van der Waals surface area contributed by atoms with E-state index in [4.69, 9.17) is 28.3 Å². The first-order valence-corrected chi connectivity index (χ1v) is 8.63. The highest BCUT2D eigenvalue weighted by Gasteiger charge is 2.19. The molecule has 0 atom stereocenters. The van der Waals surface area contributed by atoms with Crippen LogP contribution >= 0.6 is 23.2 Å². The van der Waals surface area contributed by atoms with Gasteiger partial charge in [0.25, 0.3) is 5.91 Å². The van der Waals surface area contributed by atoms with Crippen LogP contribution in [0.25, 0.3) is 0 Å². The molecular formula is C14H13Cl2N3O3S. The number of primary sulfonamides is 1. The first-order chi connectivity index (χ1) is 10.7. The molecule has 122 valence electrons. The third-order valence-electron chi connectivity index (χ3n) is 2.94. The van der Waals surface area contributed by atoms with E-state index in [0.29, 0.717) is 5.69 Å². The summed E-state index contributed by atoms with van der Waals surface area (Å²) in [5, 5.41) is 4.91. The minimum absolute atomic E-state index is 0.00519. The van der Waals surface area contributed by atoms with Crippen molar-refractivity contribution >= 4 is 44.8 Å². The van der Waals surface area contributed by atoms with Crippen LogP contribution in [-0.4, -0.2) is 14.3 Å². The van der Waals surface area contributed by atoms with Gasteiger partial charge in [0.15, 0.2) is 0 Å². The van der Waals surface area contributed by atoms with E-state index >= 15 is 0 Å². The number of carbonyl (C=O) groups excluding carboxylic acids is 1. The Morgan fingerprint density at radius 1 is 1.09 bits per heavy atom. The molecule has 23 heavy (non-hydrogen) atoms. The average Bonchev–Trinajstić information content (AvgIpc) is 2.45. The van der Waals surface area contributed by atoms with Gasteiger partial charge in [-0.3, -0.25) is 15.6 Å². The van der Waals surface area contributed by atoms with Crippen LogP contribution in [0.3, 0.4) is 0 Å². The Morgan fingerprint density at radius 2 is 1.70 bits per heavy atom. The number of hydrogen-bond donors (Lipinski definition) is 3. The van der Waals surface area contributed by atoms with Gasteiger partial charge in [0.2, 0.25) is 10.0 Å². The van der Waals surface area contributed by atoms with Gasteiger partial charge in [-0.05, 0) is 31.2 Å². The van der Waals surface area contributed by atoms with E-state index < -0.39 is 15.9 Å². The molecule has 0 aliphatic heterocycles. The van der Waals surface area contributed by atoms with Gasteiger partial charge in [0, 0.05) is 0 Å². The largest absolute Gasteiger partial charge is 0.298 e. The molecule has 0 unspecified atom stereocenters. The number of benzene rings is 2. The number of nitrogens with one attached hydrogen (secondary N) is 2. The van der Waals surface area contributed by atoms with E-state index in [2.05, 4.69) is 10.9 Å². The standard InChI is InChI=1S/C14H13Cl2N3O3S/c1-8-2-4-9(5-3-8)18-19-14(20)10-6-13(23(17,21)22)12(16)7-11(10)15/h2-7,18H,1H3,(H,19,20)(H2,17,21,22). The Morgan fingerprint density at radius 3 is 2.26 bits per heavy atom. The van der Waals surface area contributed by atoms with Crippen LogP contribution in [0.4, 0.5) is 5.69 Å². The fraction of sp³-hybridized carbons (Fsp3) is 0.0714. The second-order valence-corrected chi connectivity index (χ2v) is 7.10. The fourth-order valence-electron chi connectivity index (χ4n) is 1.75. The average molecular weight is 374 g/mol. The SMILES string of the molecule is Cc1ccc(NNC(=O)c2cc(S(N)(=O)=O)c(Cl)cc2Cl)cc1. The van der Waals surface area contributed by atoms with Crippen LogP contribution < -0.4 is 16.0 Å². The Hall–Kier alpha value is -1.80. The number of hydrazine groups is 1. The minimum atomic E-state index is -4.07. The molecule has 4 N–H and O–H groups in total. The van der Waals surface area contributed by atoms with E-state index in [1.54, 1.807) is 12.1 Å². The van der Waals surface area contributed by atoms with Gasteiger partial charge in [0.05, 0.1) is 21.3 Å². The summed E-state index contributed by atoms with van der Waals surface area (Å²) in [6.45, 7) is 1.94. The molecule has 2 aromatic rings. The van der Waals surface area contributed by atoms with Gasteiger partial charge in [0.1, 0.15) is 4.90 Å². The number of carbonyl (C=O) groups is 1. The Labute approximate surface area is 143 Å². The summed E-state index contributed by atoms with van der Waals surface area (Å²) in [7, 11) is -4.07. The van der Waals surface area contributed by atoms with Crippen LogP contribution in [0.15, 0.2) is 41.3 Å². The van der Waals surface area contributed by atoms with Crippen molar-refractivity contribution in [1.82, 2.24) is 5.43 Å². The molecule has 2 aromatic carbocycles. The van der Waals surface area contributed by atoms with Crippen LogP contribution in [0, 0.1) is 6.92 Å². The highest BCUT2D eigenvalue weighted by atomic mass is 35.5.